The zero-order chi connectivity index (χ0) is 31.8. The summed E-state index contributed by atoms with van der Waals surface area (Å²) < 4.78 is 42.1. The van der Waals surface area contributed by atoms with Crippen LogP contribution in [0.25, 0.3) is 11.1 Å². The minimum atomic E-state index is -4.89. The standard InChI is InChI=1S/C29H29BF3N3O7/c1-36(2)21-17-9-12-7-16-15(11-3-5-14(6-4-11)43-29(31,32)33)8-13(10-34)22(37)19(16)23(38)18(12)26(40)28(17,42)25(30)20(24(21)39)27(35)41/h3-6,8,12,17,21,30,37,39-40,42H,7,9-10,34H2,1-2H3,(H2,35,41)/t12-,17-,21-,28+/m0/s1. The number of hydrogen-bond donors (Lipinski definition) is 6. The molecule has 43 heavy (non-hydrogen) atoms. The van der Waals surface area contributed by atoms with Crippen LogP contribution in [0.3, 0.4) is 0 Å². The first-order valence-corrected chi connectivity index (χ1v) is 13.3. The molecule has 0 saturated heterocycles. The second kappa shape index (κ2) is 10.2. The van der Waals surface area contributed by atoms with Gasteiger partial charge in [-0.05, 0) is 0 Å². The van der Waals surface area contributed by atoms with Crippen molar-refractivity contribution in [3.8, 4) is 22.6 Å². The number of likely N-dealkylation sites (N-methyl/N-ethyl adjacent to an activating group) is 1. The van der Waals surface area contributed by atoms with E-state index in [0.29, 0.717) is 16.7 Å². The Balaban J connectivity index is 1.69. The van der Waals surface area contributed by atoms with Crippen molar-refractivity contribution >= 4 is 24.6 Å². The number of carbonyl (C=O) groups is 2. The fourth-order valence-corrected chi connectivity index (χ4v) is 6.79. The molecule has 0 unspecified atom stereocenters. The number of benzene rings is 2. The quantitative estimate of drug-likeness (QED) is 0.279. The molecule has 1 amide bonds. The molecule has 10 nitrogen and oxygen atoms in total. The fraction of sp³-hybridized carbons (Fsp3) is 0.345. The molecule has 0 aromatic heterocycles. The maximum atomic E-state index is 14.1. The molecule has 14 heteroatoms. The number of amides is 1. The predicted octanol–water partition coefficient (Wildman–Crippen LogP) is 1.65. The number of aliphatic hydroxyl groups excluding tert-OH is 2. The summed E-state index contributed by atoms with van der Waals surface area (Å²) in [6, 6.07) is 5.55. The van der Waals surface area contributed by atoms with Crippen LogP contribution in [-0.2, 0) is 17.8 Å². The molecule has 2 aromatic carbocycles. The number of phenols is 1. The Labute approximate surface area is 244 Å². The Bertz CT molecular complexity index is 1640. The number of carbonyl (C=O) groups excluding carboxylic acids is 2. The van der Waals surface area contributed by atoms with Crippen molar-refractivity contribution < 1.29 is 47.9 Å². The number of fused-ring (bicyclic) bond motifs is 3. The first-order chi connectivity index (χ1) is 20.0. The van der Waals surface area contributed by atoms with E-state index < -0.39 is 70.1 Å². The van der Waals surface area contributed by atoms with Gasteiger partial charge in [0.1, 0.15) is 0 Å². The maximum absolute atomic E-state index is 14.1. The van der Waals surface area contributed by atoms with Crippen molar-refractivity contribution in [2.24, 2.45) is 23.3 Å². The third kappa shape index (κ3) is 4.60. The summed E-state index contributed by atoms with van der Waals surface area (Å²) in [5, 5.41) is 45.7. The number of ether oxygens (including phenoxy) is 1. The molecule has 0 radical (unpaired) electrons. The Morgan fingerprint density at radius 3 is 2.35 bits per heavy atom. The topological polar surface area (TPSA) is 180 Å². The third-order valence-corrected chi connectivity index (χ3v) is 8.61. The number of halogens is 3. The average molecular weight is 599 g/mol. The van der Waals surface area contributed by atoms with Gasteiger partial charge in [0.15, 0.2) is 0 Å². The summed E-state index contributed by atoms with van der Waals surface area (Å²) in [5.74, 6) is -5.64. The number of nitrogens with two attached hydrogens (primary N) is 2. The number of aliphatic hydroxyl groups is 3. The van der Waals surface area contributed by atoms with E-state index in [9.17, 15) is 43.2 Å². The normalized spacial score (nSPS) is 25.4. The van der Waals surface area contributed by atoms with Crippen LogP contribution in [0.2, 0.25) is 0 Å². The van der Waals surface area contributed by atoms with Gasteiger partial charge in [0.05, 0.1) is 0 Å². The van der Waals surface area contributed by atoms with Gasteiger partial charge in [0, 0.05) is 0 Å². The van der Waals surface area contributed by atoms with Gasteiger partial charge < -0.3 is 4.74 Å². The van der Waals surface area contributed by atoms with E-state index in [0.717, 1.165) is 12.1 Å². The van der Waals surface area contributed by atoms with Gasteiger partial charge in [-0.25, -0.2) is 0 Å². The Morgan fingerprint density at radius 2 is 1.81 bits per heavy atom. The molecule has 8 N–H and O–H groups in total. The number of nitrogens with zero attached hydrogens (tertiary/aromatic N) is 1. The second-order valence-electron chi connectivity index (χ2n) is 11.2. The molecule has 0 saturated carbocycles. The molecule has 226 valence electrons. The molecule has 0 aliphatic heterocycles. The van der Waals surface area contributed by atoms with Gasteiger partial charge in [0.2, 0.25) is 0 Å². The Morgan fingerprint density at radius 1 is 1.19 bits per heavy atom. The number of Topliss-reactive ketones (excluding diaryl/α,β-unsaturated/α-hetero) is 1. The summed E-state index contributed by atoms with van der Waals surface area (Å²) in [4.78, 5) is 27.9. The first-order valence-electron chi connectivity index (χ1n) is 13.3. The van der Waals surface area contributed by atoms with Crippen LogP contribution in [-0.4, -0.2) is 82.1 Å². The number of aromatic hydroxyl groups is 1. The van der Waals surface area contributed by atoms with Crippen molar-refractivity contribution in [2.45, 2.75) is 37.4 Å². The summed E-state index contributed by atoms with van der Waals surface area (Å²) >= 11 is 0. The van der Waals surface area contributed by atoms with E-state index in [2.05, 4.69) is 12.2 Å². The summed E-state index contributed by atoms with van der Waals surface area (Å²) in [6.45, 7) is -0.192. The van der Waals surface area contributed by atoms with Gasteiger partial charge in [-0.2, -0.15) is 0 Å². The number of allylic oxidation sites excluding steroid dienone is 1. The van der Waals surface area contributed by atoms with Crippen LogP contribution < -0.4 is 16.2 Å². The molecular formula is C29H29BF3N3O7. The molecule has 0 bridgehead atoms. The molecule has 0 spiro atoms. The van der Waals surface area contributed by atoms with Gasteiger partial charge in [-0.3, -0.25) is 0 Å². The van der Waals surface area contributed by atoms with E-state index in [1.54, 1.807) is 25.1 Å². The predicted molar refractivity (Wildman–Crippen MR) is 151 cm³/mol. The molecule has 4 atom stereocenters. The monoisotopic (exact) mass is 599 g/mol. The molecule has 0 fully saturated rings. The summed E-state index contributed by atoms with van der Waals surface area (Å²) in [7, 11) is 6.96. The molecule has 0 heterocycles. The zero-order valence-electron chi connectivity index (χ0n) is 23.2. The number of hydrogen-bond acceptors (Lipinski definition) is 9. The second-order valence-corrected chi connectivity index (χ2v) is 11.2. The van der Waals surface area contributed by atoms with Crippen molar-refractivity contribution in [1.29, 1.82) is 0 Å². The van der Waals surface area contributed by atoms with Gasteiger partial charge in [0.25, 0.3) is 0 Å². The van der Waals surface area contributed by atoms with E-state index in [-0.39, 0.29) is 41.5 Å². The van der Waals surface area contributed by atoms with E-state index in [1.807, 2.05) is 0 Å². The minimum absolute atomic E-state index is 0.0379. The number of rotatable bonds is 5. The van der Waals surface area contributed by atoms with Gasteiger partial charge >= 0.3 is 227 Å². The van der Waals surface area contributed by atoms with Gasteiger partial charge in [-0.15, -0.1) is 13.2 Å². The van der Waals surface area contributed by atoms with Crippen LogP contribution in [0.4, 0.5) is 13.2 Å². The van der Waals surface area contributed by atoms with Crippen molar-refractivity contribution in [3.63, 3.8) is 0 Å². The van der Waals surface area contributed by atoms with Crippen LogP contribution in [0.5, 0.6) is 11.5 Å². The van der Waals surface area contributed by atoms with Crippen LogP contribution in [0, 0.1) is 11.8 Å². The number of alkyl halides is 3. The number of ketones is 1. The first kappa shape index (κ1) is 30.3. The zero-order valence-corrected chi connectivity index (χ0v) is 23.2. The molecule has 3 aliphatic rings. The molecule has 2 aromatic rings. The Kier molecular flexibility index (Phi) is 7.23. The summed E-state index contributed by atoms with van der Waals surface area (Å²) in [5.41, 5.74) is 9.20. The number of primary amides is 1. The third-order valence-electron chi connectivity index (χ3n) is 8.61. The molecular weight excluding hydrogens is 570 g/mol. The molecule has 5 rings (SSSR count). The van der Waals surface area contributed by atoms with Crippen molar-refractivity contribution in [2.75, 3.05) is 14.1 Å². The van der Waals surface area contributed by atoms with Crippen LogP contribution in [0.1, 0.15) is 27.9 Å². The summed E-state index contributed by atoms with van der Waals surface area (Å²) in [6.07, 6.45) is -4.78. The average Bonchev–Trinajstić information content (AvgIpc) is 2.90. The van der Waals surface area contributed by atoms with Gasteiger partial charge in [-0.1, -0.05) is 0 Å². The Hall–Kier alpha value is -4.14. The SMILES string of the molecule is B=C1C(C(N)=O)=C(O)[C@@H](N(C)C)[C@@H]2C[C@@H]3Cc4c(-c5ccc(OC(F)(F)F)cc5)cc(CN)c(O)c4C(=O)C3=C(O)[C@]12O. The molecule has 3 aliphatic carbocycles. The van der Waals surface area contributed by atoms with Crippen LogP contribution >= 0.6 is 0 Å². The van der Waals surface area contributed by atoms with E-state index in [1.165, 1.54) is 12.1 Å². The number of phenolic OH excluding ortho intramolecular Hbond substituents is 1. The van der Waals surface area contributed by atoms with Crippen LogP contribution in [0.15, 0.2) is 53.0 Å². The van der Waals surface area contributed by atoms with E-state index in [4.69, 9.17) is 11.5 Å². The van der Waals surface area contributed by atoms with E-state index >= 15 is 0 Å². The fourth-order valence-electron chi connectivity index (χ4n) is 6.79. The van der Waals surface area contributed by atoms with Crippen molar-refractivity contribution in [3.05, 3.63) is 69.7 Å². The van der Waals surface area contributed by atoms with Crippen molar-refractivity contribution in [1.82, 2.24) is 4.90 Å².